The number of piperidine rings is 1. The monoisotopic (exact) mass is 255 g/mol. The molecule has 0 bridgehead atoms. The zero-order chi connectivity index (χ0) is 13.8. The Kier molecular flexibility index (Phi) is 5.17. The number of hydrogen-bond donors (Lipinski definition) is 0. The Morgan fingerprint density at radius 3 is 2.56 bits per heavy atom. The van der Waals surface area contributed by atoms with Crippen molar-refractivity contribution in [3.05, 3.63) is 0 Å². The fourth-order valence-electron chi connectivity index (χ4n) is 2.19. The Labute approximate surface area is 110 Å². The molecule has 1 aliphatic rings. The van der Waals surface area contributed by atoms with Gasteiger partial charge in [-0.2, -0.15) is 0 Å². The summed E-state index contributed by atoms with van der Waals surface area (Å²) in [7, 11) is 0. The molecule has 1 unspecified atom stereocenters. The minimum absolute atomic E-state index is 0.143. The van der Waals surface area contributed by atoms with E-state index < -0.39 is 0 Å². The van der Waals surface area contributed by atoms with E-state index in [9.17, 15) is 9.59 Å². The molecule has 1 aliphatic heterocycles. The predicted molar refractivity (Wildman–Crippen MR) is 70.0 cm³/mol. The molecule has 18 heavy (non-hydrogen) atoms. The van der Waals surface area contributed by atoms with E-state index in [1.54, 1.807) is 0 Å². The molecule has 1 amide bonds. The van der Waals surface area contributed by atoms with Crippen molar-refractivity contribution in [3.63, 3.8) is 0 Å². The SMILES string of the molecule is CCOC(=O)C1CCCN(C(=O)C(C)(C)CC)C1. The van der Waals surface area contributed by atoms with E-state index in [1.165, 1.54) is 0 Å². The standard InChI is InChI=1S/C14H25NO3/c1-5-14(3,4)13(17)15-9-7-8-11(10-15)12(16)18-6-2/h11H,5-10H2,1-4H3. The maximum atomic E-state index is 12.4. The predicted octanol–water partition coefficient (Wildman–Crippen LogP) is 2.22. The van der Waals surface area contributed by atoms with Crippen LogP contribution in [-0.4, -0.2) is 36.5 Å². The lowest BCUT2D eigenvalue weighted by Crippen LogP contribution is -2.47. The molecule has 0 aliphatic carbocycles. The van der Waals surface area contributed by atoms with E-state index in [2.05, 4.69) is 0 Å². The molecular formula is C14H25NO3. The highest BCUT2D eigenvalue weighted by Gasteiger charge is 2.35. The highest BCUT2D eigenvalue weighted by molar-refractivity contribution is 5.83. The molecule has 4 heteroatoms. The van der Waals surface area contributed by atoms with Crippen molar-refractivity contribution in [1.29, 1.82) is 0 Å². The van der Waals surface area contributed by atoms with E-state index in [0.29, 0.717) is 13.2 Å². The summed E-state index contributed by atoms with van der Waals surface area (Å²) in [5.41, 5.74) is -0.337. The molecule has 104 valence electrons. The number of nitrogens with zero attached hydrogens (tertiary/aromatic N) is 1. The molecule has 1 rings (SSSR count). The number of carbonyl (C=O) groups excluding carboxylic acids is 2. The Balaban J connectivity index is 2.64. The van der Waals surface area contributed by atoms with Crippen molar-refractivity contribution in [3.8, 4) is 0 Å². The van der Waals surface area contributed by atoms with Gasteiger partial charge in [0.05, 0.1) is 12.5 Å². The van der Waals surface area contributed by atoms with Gasteiger partial charge in [0.2, 0.25) is 5.91 Å². The zero-order valence-electron chi connectivity index (χ0n) is 12.0. The van der Waals surface area contributed by atoms with Crippen LogP contribution in [0.25, 0.3) is 0 Å². The summed E-state index contributed by atoms with van der Waals surface area (Å²) >= 11 is 0. The Hall–Kier alpha value is -1.06. The highest BCUT2D eigenvalue weighted by Crippen LogP contribution is 2.27. The van der Waals surface area contributed by atoms with Gasteiger partial charge in [-0.1, -0.05) is 20.8 Å². The number of likely N-dealkylation sites (tertiary alicyclic amines) is 1. The van der Waals surface area contributed by atoms with Crippen LogP contribution in [0.15, 0.2) is 0 Å². The van der Waals surface area contributed by atoms with Gasteiger partial charge in [-0.3, -0.25) is 9.59 Å². The van der Waals surface area contributed by atoms with E-state index in [1.807, 2.05) is 32.6 Å². The molecule has 0 radical (unpaired) electrons. The van der Waals surface area contributed by atoms with E-state index in [4.69, 9.17) is 4.74 Å². The number of hydrogen-bond acceptors (Lipinski definition) is 3. The van der Waals surface area contributed by atoms with Crippen LogP contribution in [0, 0.1) is 11.3 Å². The number of ether oxygens (including phenoxy) is 1. The first-order valence-electron chi connectivity index (χ1n) is 6.88. The van der Waals surface area contributed by atoms with Crippen LogP contribution in [0.5, 0.6) is 0 Å². The molecule has 0 spiro atoms. The molecule has 4 nitrogen and oxygen atoms in total. The van der Waals surface area contributed by atoms with Gasteiger partial charge < -0.3 is 9.64 Å². The van der Waals surface area contributed by atoms with Crippen LogP contribution in [-0.2, 0) is 14.3 Å². The third kappa shape index (κ3) is 3.47. The second-order valence-corrected chi connectivity index (χ2v) is 5.58. The first-order valence-corrected chi connectivity index (χ1v) is 6.88. The summed E-state index contributed by atoms with van der Waals surface area (Å²) in [6.45, 7) is 9.43. The highest BCUT2D eigenvalue weighted by atomic mass is 16.5. The molecule has 1 fully saturated rings. The third-order valence-corrected chi connectivity index (χ3v) is 3.79. The second kappa shape index (κ2) is 6.21. The van der Waals surface area contributed by atoms with Crippen molar-refractivity contribution in [2.75, 3.05) is 19.7 Å². The van der Waals surface area contributed by atoms with Crippen LogP contribution in [0.1, 0.15) is 47.0 Å². The van der Waals surface area contributed by atoms with E-state index >= 15 is 0 Å². The van der Waals surface area contributed by atoms with Crippen LogP contribution < -0.4 is 0 Å². The molecule has 1 saturated heterocycles. The fraction of sp³-hybridized carbons (Fsp3) is 0.857. The van der Waals surface area contributed by atoms with Gasteiger partial charge in [-0.05, 0) is 26.2 Å². The van der Waals surface area contributed by atoms with Crippen LogP contribution in [0.2, 0.25) is 0 Å². The number of esters is 1. The Bertz CT molecular complexity index is 312. The van der Waals surface area contributed by atoms with Crippen molar-refractivity contribution < 1.29 is 14.3 Å². The lowest BCUT2D eigenvalue weighted by Gasteiger charge is -2.36. The van der Waals surface area contributed by atoms with Gasteiger partial charge >= 0.3 is 5.97 Å². The number of carbonyl (C=O) groups is 2. The second-order valence-electron chi connectivity index (χ2n) is 5.58. The van der Waals surface area contributed by atoms with Gasteiger partial charge in [0.1, 0.15) is 0 Å². The fourth-order valence-corrected chi connectivity index (χ4v) is 2.19. The molecular weight excluding hydrogens is 230 g/mol. The van der Waals surface area contributed by atoms with Crippen molar-refractivity contribution in [2.24, 2.45) is 11.3 Å². The normalized spacial score (nSPS) is 20.7. The third-order valence-electron chi connectivity index (χ3n) is 3.79. The molecule has 1 heterocycles. The number of rotatable bonds is 4. The molecule has 1 atom stereocenters. The summed E-state index contributed by atoms with van der Waals surface area (Å²) in [6, 6.07) is 0. The van der Waals surface area contributed by atoms with Crippen LogP contribution in [0.4, 0.5) is 0 Å². The summed E-state index contributed by atoms with van der Waals surface area (Å²) in [5.74, 6) is -0.154. The van der Waals surface area contributed by atoms with Gasteiger partial charge in [0.15, 0.2) is 0 Å². The topological polar surface area (TPSA) is 46.6 Å². The minimum Gasteiger partial charge on any atom is -0.466 e. The van der Waals surface area contributed by atoms with Crippen LogP contribution in [0.3, 0.4) is 0 Å². The summed E-state index contributed by atoms with van der Waals surface area (Å²) in [6.07, 6.45) is 2.52. The Morgan fingerprint density at radius 2 is 2.00 bits per heavy atom. The molecule has 0 aromatic carbocycles. The average Bonchev–Trinajstić information content (AvgIpc) is 2.38. The maximum Gasteiger partial charge on any atom is 0.310 e. The molecule has 0 aromatic rings. The first-order chi connectivity index (χ1) is 8.42. The van der Waals surface area contributed by atoms with E-state index in [0.717, 1.165) is 25.8 Å². The maximum absolute atomic E-state index is 12.4. The average molecular weight is 255 g/mol. The zero-order valence-corrected chi connectivity index (χ0v) is 12.0. The summed E-state index contributed by atoms with van der Waals surface area (Å²) in [5, 5.41) is 0. The Morgan fingerprint density at radius 1 is 1.33 bits per heavy atom. The minimum atomic E-state index is -0.337. The van der Waals surface area contributed by atoms with Gasteiger partial charge in [0, 0.05) is 18.5 Å². The number of amides is 1. The quantitative estimate of drug-likeness (QED) is 0.724. The molecule has 0 saturated carbocycles. The molecule has 0 N–H and O–H groups in total. The van der Waals surface area contributed by atoms with E-state index in [-0.39, 0.29) is 23.2 Å². The summed E-state index contributed by atoms with van der Waals surface area (Å²) in [4.78, 5) is 25.9. The van der Waals surface area contributed by atoms with Crippen molar-refractivity contribution in [1.82, 2.24) is 4.90 Å². The lowest BCUT2D eigenvalue weighted by molar-refractivity contribution is -0.153. The van der Waals surface area contributed by atoms with Gasteiger partial charge in [0.25, 0.3) is 0 Å². The summed E-state index contributed by atoms with van der Waals surface area (Å²) < 4.78 is 5.04. The van der Waals surface area contributed by atoms with Crippen molar-refractivity contribution in [2.45, 2.75) is 47.0 Å². The first kappa shape index (κ1) is 15.0. The van der Waals surface area contributed by atoms with Gasteiger partial charge in [-0.15, -0.1) is 0 Å². The largest absolute Gasteiger partial charge is 0.466 e. The van der Waals surface area contributed by atoms with Crippen LogP contribution >= 0.6 is 0 Å². The smallest absolute Gasteiger partial charge is 0.310 e. The van der Waals surface area contributed by atoms with Gasteiger partial charge in [-0.25, -0.2) is 0 Å². The molecule has 0 aromatic heterocycles. The lowest BCUT2D eigenvalue weighted by atomic mass is 9.87. The van der Waals surface area contributed by atoms with Crippen molar-refractivity contribution >= 4 is 11.9 Å².